The van der Waals surface area contributed by atoms with Crippen molar-refractivity contribution in [1.29, 1.82) is 0 Å². The molecule has 1 unspecified atom stereocenters. The van der Waals surface area contributed by atoms with Crippen LogP contribution in [0.3, 0.4) is 0 Å². The number of allylic oxidation sites excluding steroid dienone is 1. The summed E-state index contributed by atoms with van der Waals surface area (Å²) in [6.07, 6.45) is 0.366. The maximum absolute atomic E-state index is 12.9. The van der Waals surface area contributed by atoms with Gasteiger partial charge >= 0.3 is 0 Å². The summed E-state index contributed by atoms with van der Waals surface area (Å²) >= 11 is 0. The molecule has 0 aromatic carbocycles. The molecule has 0 amide bonds. The second-order valence-corrected chi connectivity index (χ2v) is 2.41. The van der Waals surface area contributed by atoms with Crippen molar-refractivity contribution in [2.75, 3.05) is 0 Å². The highest BCUT2D eigenvalue weighted by atomic mass is 19.2. The number of hydrogen-bond donors (Lipinski definition) is 0. The van der Waals surface area contributed by atoms with Gasteiger partial charge in [-0.2, -0.15) is 0 Å². The molecule has 0 aliphatic rings. The number of carbonyl (C=O) groups is 1. The molecule has 0 spiro atoms. The van der Waals surface area contributed by atoms with Crippen molar-refractivity contribution in [1.82, 2.24) is 0 Å². The first-order chi connectivity index (χ1) is 4.42. The highest BCUT2D eigenvalue weighted by Gasteiger charge is 2.34. The van der Waals surface area contributed by atoms with E-state index in [1.165, 1.54) is 6.92 Å². The molecule has 2 atom stereocenters. The molecule has 3 heteroatoms. The van der Waals surface area contributed by atoms with E-state index in [4.69, 9.17) is 0 Å². The number of halogens is 2. The molecule has 0 fully saturated rings. The van der Waals surface area contributed by atoms with E-state index in [9.17, 15) is 13.6 Å². The van der Waals surface area contributed by atoms with Crippen LogP contribution in [0.4, 0.5) is 8.78 Å². The molecule has 0 bridgehead atoms. The minimum Gasteiger partial charge on any atom is -0.303 e. The lowest BCUT2D eigenvalue weighted by atomic mass is 9.93. The molecule has 0 radical (unpaired) electrons. The summed E-state index contributed by atoms with van der Waals surface area (Å²) in [6, 6.07) is 0. The molecule has 10 heavy (non-hydrogen) atoms. The van der Waals surface area contributed by atoms with Crippen molar-refractivity contribution in [2.24, 2.45) is 5.92 Å². The van der Waals surface area contributed by atoms with E-state index in [1.807, 2.05) is 0 Å². The fourth-order valence-corrected chi connectivity index (χ4v) is 0.375. The molecular formula is C7H10F2O. The smallest absolute Gasteiger partial charge is 0.167 e. The first-order valence-corrected chi connectivity index (χ1v) is 2.92. The zero-order valence-corrected chi connectivity index (χ0v) is 6.03. The Morgan fingerprint density at radius 1 is 1.80 bits per heavy atom. The van der Waals surface area contributed by atoms with Crippen molar-refractivity contribution in [2.45, 2.75) is 19.5 Å². The van der Waals surface area contributed by atoms with Crippen LogP contribution < -0.4 is 0 Å². The Hall–Kier alpha value is -0.730. The fourth-order valence-electron chi connectivity index (χ4n) is 0.375. The molecule has 0 aromatic heterocycles. The first kappa shape index (κ1) is 9.27. The highest BCUT2D eigenvalue weighted by molar-refractivity contribution is 5.56. The summed E-state index contributed by atoms with van der Waals surface area (Å²) in [5.41, 5.74) is -2.22. The molecule has 0 aliphatic heterocycles. The lowest BCUT2D eigenvalue weighted by Gasteiger charge is -2.20. The van der Waals surface area contributed by atoms with Gasteiger partial charge in [0.05, 0.1) is 5.92 Å². The van der Waals surface area contributed by atoms with E-state index >= 15 is 0 Å². The maximum Gasteiger partial charge on any atom is 0.167 e. The highest BCUT2D eigenvalue weighted by Crippen LogP contribution is 2.28. The quantitative estimate of drug-likeness (QED) is 0.559. The van der Waals surface area contributed by atoms with E-state index in [0.717, 1.165) is 6.92 Å². The molecule has 0 aromatic rings. The van der Waals surface area contributed by atoms with Gasteiger partial charge in [0.15, 0.2) is 5.67 Å². The van der Waals surface area contributed by atoms with Gasteiger partial charge in [-0.05, 0) is 6.92 Å². The van der Waals surface area contributed by atoms with Crippen LogP contribution in [0.2, 0.25) is 0 Å². The Bertz CT molecular complexity index is 152. The van der Waals surface area contributed by atoms with E-state index in [1.54, 1.807) is 0 Å². The zero-order chi connectivity index (χ0) is 8.36. The fraction of sp³-hybridized carbons (Fsp3) is 0.571. The third kappa shape index (κ3) is 1.62. The van der Waals surface area contributed by atoms with Gasteiger partial charge < -0.3 is 4.79 Å². The second kappa shape index (κ2) is 2.90. The van der Waals surface area contributed by atoms with E-state index in [-0.39, 0.29) is 0 Å². The molecule has 0 aliphatic carbocycles. The summed E-state index contributed by atoms with van der Waals surface area (Å²) in [4.78, 5) is 10.0. The van der Waals surface area contributed by atoms with Gasteiger partial charge in [0, 0.05) is 0 Å². The Morgan fingerprint density at radius 3 is 2.30 bits per heavy atom. The van der Waals surface area contributed by atoms with E-state index in [2.05, 4.69) is 6.58 Å². The average Bonchev–Trinajstić information content (AvgIpc) is 1.86. The van der Waals surface area contributed by atoms with Gasteiger partial charge in [0.1, 0.15) is 12.1 Å². The van der Waals surface area contributed by atoms with Crippen molar-refractivity contribution < 1.29 is 13.6 Å². The number of alkyl halides is 1. The van der Waals surface area contributed by atoms with Gasteiger partial charge in [-0.15, -0.1) is 0 Å². The summed E-state index contributed by atoms with van der Waals surface area (Å²) in [5, 5.41) is 0. The predicted molar refractivity (Wildman–Crippen MR) is 35.0 cm³/mol. The van der Waals surface area contributed by atoms with Crippen molar-refractivity contribution in [3.63, 3.8) is 0 Å². The molecule has 1 nitrogen and oxygen atoms in total. The molecular weight excluding hydrogens is 138 g/mol. The van der Waals surface area contributed by atoms with E-state index < -0.39 is 17.4 Å². The first-order valence-electron chi connectivity index (χ1n) is 2.92. The van der Waals surface area contributed by atoms with Crippen LogP contribution in [-0.2, 0) is 4.79 Å². The van der Waals surface area contributed by atoms with Gasteiger partial charge in [-0.1, -0.05) is 13.5 Å². The van der Waals surface area contributed by atoms with Crippen molar-refractivity contribution in [3.05, 3.63) is 12.4 Å². The number of aldehydes is 1. The van der Waals surface area contributed by atoms with Gasteiger partial charge in [-0.3, -0.25) is 0 Å². The largest absolute Gasteiger partial charge is 0.303 e. The molecule has 58 valence electrons. The van der Waals surface area contributed by atoms with Gasteiger partial charge in [0.2, 0.25) is 0 Å². The Labute approximate surface area is 58.7 Å². The van der Waals surface area contributed by atoms with E-state index in [0.29, 0.717) is 6.29 Å². The third-order valence-electron chi connectivity index (χ3n) is 1.59. The number of rotatable bonds is 3. The van der Waals surface area contributed by atoms with Crippen LogP contribution in [0.25, 0.3) is 0 Å². The van der Waals surface area contributed by atoms with Crippen LogP contribution in [0.1, 0.15) is 13.8 Å². The van der Waals surface area contributed by atoms with Gasteiger partial charge in [-0.25, -0.2) is 8.78 Å². The minimum atomic E-state index is -2.22. The molecule has 0 heterocycles. The van der Waals surface area contributed by atoms with Crippen molar-refractivity contribution >= 4 is 6.29 Å². The number of hydrogen-bond acceptors (Lipinski definition) is 1. The van der Waals surface area contributed by atoms with Crippen LogP contribution in [0.5, 0.6) is 0 Å². The minimum absolute atomic E-state index is 0.366. The number of carbonyl (C=O) groups excluding carboxylic acids is 1. The zero-order valence-electron chi connectivity index (χ0n) is 6.03. The van der Waals surface area contributed by atoms with Crippen LogP contribution in [-0.4, -0.2) is 12.0 Å². The maximum atomic E-state index is 12.9. The van der Waals surface area contributed by atoms with Crippen LogP contribution in [0, 0.1) is 5.92 Å². The summed E-state index contributed by atoms with van der Waals surface area (Å²) in [7, 11) is 0. The third-order valence-corrected chi connectivity index (χ3v) is 1.59. The Kier molecular flexibility index (Phi) is 2.69. The van der Waals surface area contributed by atoms with Crippen molar-refractivity contribution in [3.8, 4) is 0 Å². The summed E-state index contributed by atoms with van der Waals surface area (Å²) < 4.78 is 25.1. The molecule has 0 saturated carbocycles. The predicted octanol–water partition coefficient (Wildman–Crippen LogP) is 2.03. The summed E-state index contributed by atoms with van der Waals surface area (Å²) in [6.45, 7) is 5.09. The van der Waals surface area contributed by atoms with Crippen LogP contribution >= 0.6 is 0 Å². The topological polar surface area (TPSA) is 17.1 Å². The Morgan fingerprint density at radius 2 is 2.20 bits per heavy atom. The second-order valence-electron chi connectivity index (χ2n) is 2.41. The lowest BCUT2D eigenvalue weighted by molar-refractivity contribution is -0.114. The lowest BCUT2D eigenvalue weighted by Crippen LogP contribution is -2.28. The monoisotopic (exact) mass is 148 g/mol. The average molecular weight is 148 g/mol. The normalized spacial score (nSPS) is 19.2. The summed E-state index contributed by atoms with van der Waals surface area (Å²) in [5.74, 6) is -2.09. The van der Waals surface area contributed by atoms with Gasteiger partial charge in [0.25, 0.3) is 0 Å². The molecule has 0 N–H and O–H groups in total. The molecule has 0 rings (SSSR count). The Balaban J connectivity index is 4.38. The SMILES string of the molecule is C=C(F)C(C)(F)[C@H](C)C=O. The molecule has 0 saturated heterocycles. The van der Waals surface area contributed by atoms with Crippen LogP contribution in [0.15, 0.2) is 12.4 Å². The standard InChI is InChI=1S/C7H10F2O/c1-5(4-10)7(3,9)6(2)8/h4-5H,2H2,1,3H3/t5-,7?/m1/s1.